The molecule has 1 aliphatic rings. The first kappa shape index (κ1) is 24.0. The summed E-state index contributed by atoms with van der Waals surface area (Å²) in [7, 11) is 0. The zero-order valence-corrected chi connectivity index (χ0v) is 17.9. The van der Waals surface area contributed by atoms with Crippen LogP contribution in [0.15, 0.2) is 35.3 Å². The molecule has 3 amide bonds. The minimum Gasteiger partial charge on any atom is -0.445 e. The van der Waals surface area contributed by atoms with Gasteiger partial charge in [0.2, 0.25) is 11.8 Å². The van der Waals surface area contributed by atoms with E-state index < -0.39 is 18.2 Å². The first-order valence-electron chi connectivity index (χ1n) is 10.5. The summed E-state index contributed by atoms with van der Waals surface area (Å²) >= 11 is 0. The summed E-state index contributed by atoms with van der Waals surface area (Å²) in [6, 6.07) is 7.87. The van der Waals surface area contributed by atoms with Gasteiger partial charge in [-0.25, -0.2) is 4.79 Å². The number of amides is 3. The zero-order valence-electron chi connectivity index (χ0n) is 17.9. The van der Waals surface area contributed by atoms with E-state index >= 15 is 0 Å². The molecule has 0 bridgehead atoms. The highest BCUT2D eigenvalue weighted by Gasteiger charge is 2.37. The van der Waals surface area contributed by atoms with Gasteiger partial charge in [-0.05, 0) is 38.2 Å². The second-order valence-electron chi connectivity index (χ2n) is 7.29. The molecular formula is C21H32N6O4. The van der Waals surface area contributed by atoms with Gasteiger partial charge in [-0.1, -0.05) is 30.3 Å². The molecule has 0 aliphatic carbocycles. The third-order valence-corrected chi connectivity index (χ3v) is 4.94. The molecule has 0 radical (unpaired) electrons. The van der Waals surface area contributed by atoms with Gasteiger partial charge in [0.25, 0.3) is 0 Å². The Hall–Kier alpha value is -3.30. The zero-order chi connectivity index (χ0) is 22.6. The van der Waals surface area contributed by atoms with E-state index in [2.05, 4.69) is 15.6 Å². The predicted molar refractivity (Wildman–Crippen MR) is 117 cm³/mol. The standard InChI is InChI=1S/C21H32N6O4/c1-2-24-18(28)17-11-7-13-27(17)19(29)16(10-6-12-25-20(22)23)26-21(30)31-14-15-8-4-3-5-9-15/h3-5,8-9,16-17H,2,6-7,10-14H2,1H3,(H,24,28)(H,26,30)(H4,22,23,25)/t16-,17-/m1/s1. The second kappa shape index (κ2) is 12.4. The van der Waals surface area contributed by atoms with Gasteiger partial charge in [0.1, 0.15) is 18.7 Å². The van der Waals surface area contributed by atoms with E-state index in [1.165, 1.54) is 4.90 Å². The Balaban J connectivity index is 2.02. The van der Waals surface area contributed by atoms with Gasteiger partial charge in [0.15, 0.2) is 5.96 Å². The van der Waals surface area contributed by atoms with Crippen molar-refractivity contribution in [2.24, 2.45) is 16.5 Å². The minimum atomic E-state index is -0.840. The smallest absolute Gasteiger partial charge is 0.408 e. The number of likely N-dealkylation sites (N-methyl/N-ethyl adjacent to an activating group) is 1. The lowest BCUT2D eigenvalue weighted by molar-refractivity contribution is -0.140. The Morgan fingerprint density at radius 2 is 2.00 bits per heavy atom. The second-order valence-corrected chi connectivity index (χ2v) is 7.29. The normalized spacial score (nSPS) is 16.3. The summed E-state index contributed by atoms with van der Waals surface area (Å²) in [4.78, 5) is 43.3. The van der Waals surface area contributed by atoms with Crippen LogP contribution in [-0.2, 0) is 20.9 Å². The molecule has 170 valence electrons. The Kier molecular flexibility index (Phi) is 9.60. The summed E-state index contributed by atoms with van der Waals surface area (Å²) < 4.78 is 5.26. The van der Waals surface area contributed by atoms with Crippen molar-refractivity contribution in [1.29, 1.82) is 0 Å². The van der Waals surface area contributed by atoms with Crippen LogP contribution >= 0.6 is 0 Å². The van der Waals surface area contributed by atoms with Crippen molar-refractivity contribution in [1.82, 2.24) is 15.5 Å². The fourth-order valence-corrected chi connectivity index (χ4v) is 3.46. The first-order chi connectivity index (χ1) is 14.9. The molecule has 0 unspecified atom stereocenters. The molecule has 1 aromatic rings. The maximum Gasteiger partial charge on any atom is 0.408 e. The number of carbonyl (C=O) groups excluding carboxylic acids is 3. The van der Waals surface area contributed by atoms with Crippen LogP contribution in [0, 0.1) is 0 Å². The number of rotatable bonds is 10. The molecule has 0 spiro atoms. The summed E-state index contributed by atoms with van der Waals surface area (Å²) in [6.07, 6.45) is 1.42. The predicted octanol–water partition coefficient (Wildman–Crippen LogP) is 0.462. The number of carbonyl (C=O) groups is 3. The monoisotopic (exact) mass is 432 g/mol. The lowest BCUT2D eigenvalue weighted by Gasteiger charge is -2.28. The Morgan fingerprint density at radius 3 is 2.68 bits per heavy atom. The van der Waals surface area contributed by atoms with Gasteiger partial charge in [-0.3, -0.25) is 14.6 Å². The van der Waals surface area contributed by atoms with Gasteiger partial charge < -0.3 is 31.7 Å². The van der Waals surface area contributed by atoms with Gasteiger partial charge in [0.05, 0.1) is 0 Å². The van der Waals surface area contributed by atoms with Crippen LogP contribution in [0.2, 0.25) is 0 Å². The lowest BCUT2D eigenvalue weighted by atomic mass is 10.1. The third kappa shape index (κ3) is 7.80. The molecule has 0 saturated carbocycles. The van der Waals surface area contributed by atoms with E-state index in [0.29, 0.717) is 38.9 Å². The number of alkyl carbamates (subject to hydrolysis) is 1. The number of aliphatic imine (C=N–C) groups is 1. The average molecular weight is 433 g/mol. The van der Waals surface area contributed by atoms with Crippen molar-refractivity contribution in [2.45, 2.75) is 51.3 Å². The van der Waals surface area contributed by atoms with Crippen LogP contribution in [0.4, 0.5) is 4.79 Å². The maximum absolute atomic E-state index is 13.2. The molecule has 10 nitrogen and oxygen atoms in total. The van der Waals surface area contributed by atoms with Crippen LogP contribution in [0.1, 0.15) is 38.2 Å². The van der Waals surface area contributed by atoms with Crippen LogP contribution < -0.4 is 22.1 Å². The van der Waals surface area contributed by atoms with Crippen LogP contribution in [0.3, 0.4) is 0 Å². The van der Waals surface area contributed by atoms with E-state index in [9.17, 15) is 14.4 Å². The van der Waals surface area contributed by atoms with Crippen LogP contribution in [-0.4, -0.2) is 60.5 Å². The molecule has 6 N–H and O–H groups in total. The Labute approximate surface area is 182 Å². The number of guanidine groups is 1. The van der Waals surface area contributed by atoms with E-state index in [4.69, 9.17) is 16.2 Å². The number of hydrogen-bond donors (Lipinski definition) is 4. The van der Waals surface area contributed by atoms with Crippen LogP contribution in [0.25, 0.3) is 0 Å². The number of hydrogen-bond acceptors (Lipinski definition) is 5. The molecule has 2 rings (SSSR count). The van der Waals surface area contributed by atoms with Crippen molar-refractivity contribution < 1.29 is 19.1 Å². The first-order valence-corrected chi connectivity index (χ1v) is 10.5. The molecule has 1 fully saturated rings. The highest BCUT2D eigenvalue weighted by atomic mass is 16.5. The molecule has 31 heavy (non-hydrogen) atoms. The fourth-order valence-electron chi connectivity index (χ4n) is 3.46. The minimum absolute atomic E-state index is 0.0334. The number of nitrogens with two attached hydrogens (primary N) is 2. The highest BCUT2D eigenvalue weighted by Crippen LogP contribution is 2.20. The molecule has 1 aliphatic heterocycles. The molecule has 1 heterocycles. The quantitative estimate of drug-likeness (QED) is 0.239. The molecule has 2 atom stereocenters. The molecule has 1 aromatic carbocycles. The number of nitrogens with one attached hydrogen (secondary N) is 2. The summed E-state index contributed by atoms with van der Waals surface area (Å²) in [5, 5.41) is 5.41. The van der Waals surface area contributed by atoms with Crippen molar-refractivity contribution in [3.8, 4) is 0 Å². The molecule has 10 heteroatoms. The number of benzene rings is 1. The molecule has 0 aromatic heterocycles. The van der Waals surface area contributed by atoms with E-state index in [0.717, 1.165) is 12.0 Å². The van der Waals surface area contributed by atoms with Crippen molar-refractivity contribution >= 4 is 23.9 Å². The van der Waals surface area contributed by atoms with Crippen molar-refractivity contribution in [2.75, 3.05) is 19.6 Å². The summed E-state index contributed by atoms with van der Waals surface area (Å²) in [5.74, 6) is -0.525. The van der Waals surface area contributed by atoms with Gasteiger partial charge >= 0.3 is 6.09 Å². The third-order valence-electron chi connectivity index (χ3n) is 4.94. The summed E-state index contributed by atoms with van der Waals surface area (Å²) in [5.41, 5.74) is 11.5. The Bertz CT molecular complexity index is 766. The van der Waals surface area contributed by atoms with Crippen LogP contribution in [0.5, 0.6) is 0 Å². The number of nitrogens with zero attached hydrogens (tertiary/aromatic N) is 2. The Morgan fingerprint density at radius 1 is 1.26 bits per heavy atom. The molecular weight excluding hydrogens is 400 g/mol. The number of ether oxygens (including phenoxy) is 1. The maximum atomic E-state index is 13.2. The van der Waals surface area contributed by atoms with Gasteiger partial charge in [-0.15, -0.1) is 0 Å². The fraction of sp³-hybridized carbons (Fsp3) is 0.524. The lowest BCUT2D eigenvalue weighted by Crippen LogP contribution is -2.53. The van der Waals surface area contributed by atoms with Crippen molar-refractivity contribution in [3.63, 3.8) is 0 Å². The SMILES string of the molecule is CCNC(=O)[C@H]1CCCN1C(=O)[C@@H](CCCN=C(N)N)NC(=O)OCc1ccccc1. The average Bonchev–Trinajstić information content (AvgIpc) is 3.25. The highest BCUT2D eigenvalue weighted by molar-refractivity contribution is 5.91. The summed E-state index contributed by atoms with van der Waals surface area (Å²) in [6.45, 7) is 3.20. The molecule has 1 saturated heterocycles. The van der Waals surface area contributed by atoms with Crippen molar-refractivity contribution in [3.05, 3.63) is 35.9 Å². The largest absolute Gasteiger partial charge is 0.445 e. The van der Waals surface area contributed by atoms with Gasteiger partial charge in [0, 0.05) is 19.6 Å². The van der Waals surface area contributed by atoms with E-state index in [1.54, 1.807) is 0 Å². The topological polar surface area (TPSA) is 152 Å². The van der Waals surface area contributed by atoms with E-state index in [1.807, 2.05) is 37.3 Å². The van der Waals surface area contributed by atoms with Gasteiger partial charge in [-0.2, -0.15) is 0 Å². The van der Waals surface area contributed by atoms with E-state index in [-0.39, 0.29) is 24.4 Å². The number of likely N-dealkylation sites (tertiary alicyclic amines) is 1.